The van der Waals surface area contributed by atoms with Crippen molar-refractivity contribution in [2.24, 2.45) is 0 Å². The maximum Gasteiger partial charge on any atom is 0.272 e. The second kappa shape index (κ2) is 7.18. The van der Waals surface area contributed by atoms with E-state index < -0.39 is 9.84 Å². The Morgan fingerprint density at radius 1 is 1.27 bits per heavy atom. The topological polar surface area (TPSA) is 104 Å². The highest BCUT2D eigenvalue weighted by Crippen LogP contribution is 2.21. The van der Waals surface area contributed by atoms with Gasteiger partial charge in [-0.1, -0.05) is 0 Å². The Morgan fingerprint density at radius 2 is 1.96 bits per heavy atom. The lowest BCUT2D eigenvalue weighted by Gasteiger charge is -2.32. The van der Waals surface area contributed by atoms with Crippen molar-refractivity contribution in [1.29, 1.82) is 0 Å². The predicted molar refractivity (Wildman–Crippen MR) is 95.8 cm³/mol. The van der Waals surface area contributed by atoms with E-state index >= 15 is 0 Å². The second-order valence-corrected chi connectivity index (χ2v) is 9.02. The van der Waals surface area contributed by atoms with Crippen molar-refractivity contribution in [2.75, 3.05) is 49.6 Å². The Bertz CT molecular complexity index is 805. The van der Waals surface area contributed by atoms with Gasteiger partial charge in [-0.25, -0.2) is 18.4 Å². The van der Waals surface area contributed by atoms with Gasteiger partial charge in [0.15, 0.2) is 9.84 Å². The van der Waals surface area contributed by atoms with Crippen LogP contribution in [0.15, 0.2) is 6.07 Å². The van der Waals surface area contributed by atoms with E-state index in [0.29, 0.717) is 49.9 Å². The van der Waals surface area contributed by atoms with Gasteiger partial charge in [0, 0.05) is 45.0 Å². The molecule has 3 heterocycles. The molecule has 2 aliphatic rings. The number of nitrogens with zero attached hydrogens (tertiary/aromatic N) is 5. The molecule has 26 heavy (non-hydrogen) atoms. The Balaban J connectivity index is 1.77. The molecule has 1 aromatic heterocycles. The van der Waals surface area contributed by atoms with Crippen LogP contribution in [0.2, 0.25) is 0 Å². The summed E-state index contributed by atoms with van der Waals surface area (Å²) in [7, 11) is -1.25. The first-order valence-electron chi connectivity index (χ1n) is 8.56. The van der Waals surface area contributed by atoms with Gasteiger partial charge in [0.2, 0.25) is 12.4 Å². The number of sulfone groups is 1. The van der Waals surface area contributed by atoms with E-state index in [1.165, 1.54) is 0 Å². The van der Waals surface area contributed by atoms with Crippen molar-refractivity contribution >= 4 is 28.1 Å². The van der Waals surface area contributed by atoms with Gasteiger partial charge in [0.1, 0.15) is 5.69 Å². The van der Waals surface area contributed by atoms with E-state index in [0.717, 1.165) is 6.41 Å². The van der Waals surface area contributed by atoms with Crippen molar-refractivity contribution in [1.82, 2.24) is 19.8 Å². The summed E-state index contributed by atoms with van der Waals surface area (Å²) < 4.78 is 23.4. The van der Waals surface area contributed by atoms with Crippen molar-refractivity contribution in [2.45, 2.75) is 19.4 Å². The van der Waals surface area contributed by atoms with E-state index in [-0.39, 0.29) is 23.5 Å². The number of piperazine rings is 1. The molecule has 10 heteroatoms. The van der Waals surface area contributed by atoms with Gasteiger partial charge in [-0.3, -0.25) is 9.59 Å². The summed E-state index contributed by atoms with van der Waals surface area (Å²) in [6.45, 7) is 3.73. The van der Waals surface area contributed by atoms with Crippen LogP contribution in [0, 0.1) is 6.92 Å². The minimum atomic E-state index is -3.02. The van der Waals surface area contributed by atoms with E-state index in [1.807, 2.05) is 0 Å². The number of hydrogen-bond acceptors (Lipinski definition) is 7. The Morgan fingerprint density at radius 3 is 2.54 bits per heavy atom. The molecule has 9 nitrogen and oxygen atoms in total. The molecule has 0 aliphatic carbocycles. The molecule has 0 N–H and O–H groups in total. The first-order chi connectivity index (χ1) is 12.3. The van der Waals surface area contributed by atoms with Gasteiger partial charge in [0.05, 0.1) is 11.5 Å². The Kier molecular flexibility index (Phi) is 5.12. The SMILES string of the molecule is Cc1cc(C(=O)N2CCN(C=O)CC2)nc(N(C)C2CCS(=O)(=O)C2)n1. The zero-order valence-corrected chi connectivity index (χ0v) is 15.8. The van der Waals surface area contributed by atoms with Crippen LogP contribution in [-0.4, -0.2) is 91.3 Å². The normalized spacial score (nSPS) is 22.3. The minimum absolute atomic E-state index is 0.0811. The zero-order valence-electron chi connectivity index (χ0n) is 15.0. The number of rotatable bonds is 4. The molecule has 3 rings (SSSR count). The van der Waals surface area contributed by atoms with E-state index in [4.69, 9.17) is 0 Å². The number of aromatic nitrogens is 2. The summed E-state index contributed by atoms with van der Waals surface area (Å²) in [4.78, 5) is 37.4. The van der Waals surface area contributed by atoms with E-state index in [9.17, 15) is 18.0 Å². The maximum absolute atomic E-state index is 12.8. The molecule has 1 atom stereocenters. The van der Waals surface area contributed by atoms with E-state index in [2.05, 4.69) is 9.97 Å². The lowest BCUT2D eigenvalue weighted by Crippen LogP contribution is -2.48. The third-order valence-corrected chi connectivity index (χ3v) is 6.63. The molecule has 0 aromatic carbocycles. The summed E-state index contributed by atoms with van der Waals surface area (Å²) >= 11 is 0. The van der Waals surface area contributed by atoms with Gasteiger partial charge in [0.25, 0.3) is 5.91 Å². The molecular formula is C16H23N5O4S. The van der Waals surface area contributed by atoms with Crippen LogP contribution in [0.25, 0.3) is 0 Å². The number of hydrogen-bond donors (Lipinski definition) is 0. The number of aryl methyl sites for hydroxylation is 1. The van der Waals surface area contributed by atoms with Crippen molar-refractivity contribution < 1.29 is 18.0 Å². The Hall–Kier alpha value is -2.23. The molecule has 0 radical (unpaired) electrons. The fourth-order valence-electron chi connectivity index (χ4n) is 3.26. The highest BCUT2D eigenvalue weighted by atomic mass is 32.2. The molecular weight excluding hydrogens is 358 g/mol. The lowest BCUT2D eigenvalue weighted by atomic mass is 10.2. The molecule has 2 aliphatic heterocycles. The van der Waals surface area contributed by atoms with E-state index in [1.54, 1.807) is 34.7 Å². The fourth-order valence-corrected chi connectivity index (χ4v) is 5.03. The standard InChI is InChI=1S/C16H23N5O4S/c1-12-9-14(15(23)21-6-4-20(11-22)5-7-21)18-16(17-12)19(2)13-3-8-26(24,25)10-13/h9,11,13H,3-8,10H2,1-2H3. The average Bonchev–Trinajstić information content (AvgIpc) is 2.99. The third-order valence-electron chi connectivity index (χ3n) is 4.88. The summed E-state index contributed by atoms with van der Waals surface area (Å²) in [6.07, 6.45) is 1.33. The van der Waals surface area contributed by atoms with Gasteiger partial charge in [-0.2, -0.15) is 0 Å². The summed E-state index contributed by atoms with van der Waals surface area (Å²) in [5.74, 6) is 0.412. The van der Waals surface area contributed by atoms with Crippen molar-refractivity contribution in [3.05, 3.63) is 17.5 Å². The second-order valence-electron chi connectivity index (χ2n) is 6.80. The molecule has 2 saturated heterocycles. The molecule has 142 valence electrons. The smallest absolute Gasteiger partial charge is 0.272 e. The lowest BCUT2D eigenvalue weighted by molar-refractivity contribution is -0.119. The summed E-state index contributed by atoms with van der Waals surface area (Å²) in [5.41, 5.74) is 0.942. The van der Waals surface area contributed by atoms with Gasteiger partial charge < -0.3 is 14.7 Å². The molecule has 1 aromatic rings. The molecule has 1 unspecified atom stereocenters. The van der Waals surface area contributed by atoms with Crippen LogP contribution in [0.4, 0.5) is 5.95 Å². The average molecular weight is 381 g/mol. The summed E-state index contributed by atoms with van der Waals surface area (Å²) in [5, 5.41) is 0. The first kappa shape index (κ1) is 18.6. The van der Waals surface area contributed by atoms with Crippen LogP contribution >= 0.6 is 0 Å². The first-order valence-corrected chi connectivity index (χ1v) is 10.4. The maximum atomic E-state index is 12.8. The number of amides is 2. The highest BCUT2D eigenvalue weighted by molar-refractivity contribution is 7.91. The van der Waals surface area contributed by atoms with Crippen LogP contribution in [0.3, 0.4) is 0 Å². The van der Waals surface area contributed by atoms with Gasteiger partial charge in [-0.15, -0.1) is 0 Å². The van der Waals surface area contributed by atoms with Crippen molar-refractivity contribution in [3.8, 4) is 0 Å². The largest absolute Gasteiger partial charge is 0.342 e. The number of carbonyl (C=O) groups is 2. The third kappa shape index (κ3) is 3.95. The minimum Gasteiger partial charge on any atom is -0.342 e. The van der Waals surface area contributed by atoms with Crippen LogP contribution in [-0.2, 0) is 14.6 Å². The fraction of sp³-hybridized carbons (Fsp3) is 0.625. The predicted octanol–water partition coefficient (Wildman–Crippen LogP) is -0.677. The monoisotopic (exact) mass is 381 g/mol. The Labute approximate surface area is 152 Å². The molecule has 0 saturated carbocycles. The highest BCUT2D eigenvalue weighted by Gasteiger charge is 2.32. The van der Waals surface area contributed by atoms with Crippen LogP contribution in [0.5, 0.6) is 0 Å². The van der Waals surface area contributed by atoms with Gasteiger partial charge in [-0.05, 0) is 19.4 Å². The summed E-state index contributed by atoms with van der Waals surface area (Å²) in [6, 6.07) is 1.46. The van der Waals surface area contributed by atoms with Crippen LogP contribution < -0.4 is 4.90 Å². The molecule has 0 bridgehead atoms. The number of carbonyl (C=O) groups excluding carboxylic acids is 2. The van der Waals surface area contributed by atoms with Crippen LogP contribution in [0.1, 0.15) is 22.6 Å². The van der Waals surface area contributed by atoms with Gasteiger partial charge >= 0.3 is 0 Å². The van der Waals surface area contributed by atoms with Crippen molar-refractivity contribution in [3.63, 3.8) is 0 Å². The number of anilines is 1. The zero-order chi connectivity index (χ0) is 18.9. The molecule has 2 amide bonds. The quantitative estimate of drug-likeness (QED) is 0.637. The molecule has 2 fully saturated rings. The molecule has 0 spiro atoms.